The first-order valence-corrected chi connectivity index (χ1v) is 26.9. The van der Waals surface area contributed by atoms with Crippen LogP contribution >= 0.6 is 0 Å². The van der Waals surface area contributed by atoms with Crippen molar-refractivity contribution in [1.29, 1.82) is 0 Å². The van der Waals surface area contributed by atoms with E-state index in [1.54, 1.807) is 0 Å². The number of amides is 1. The number of aliphatic hydroxyl groups excluding tert-OH is 2. The highest BCUT2D eigenvalue weighted by molar-refractivity contribution is 5.77. The fourth-order valence-electron chi connectivity index (χ4n) is 8.07. The summed E-state index contributed by atoms with van der Waals surface area (Å²) in [6.45, 7) is 6.45. The summed E-state index contributed by atoms with van der Waals surface area (Å²) >= 11 is 0. The summed E-state index contributed by atoms with van der Waals surface area (Å²) in [5.74, 6) is -0.506. The van der Waals surface area contributed by atoms with E-state index in [1.807, 2.05) is 0 Å². The third-order valence-corrected chi connectivity index (χ3v) is 12.2. The number of carbonyl (C=O) groups is 2. The number of hydrogen-bond acceptors (Lipinski definition) is 5. The Hall–Kier alpha value is -2.18. The van der Waals surface area contributed by atoms with Gasteiger partial charge in [-0.2, -0.15) is 0 Å². The van der Waals surface area contributed by atoms with E-state index in [4.69, 9.17) is 4.74 Å². The largest absolute Gasteiger partial charge is 0.462 e. The second-order valence-corrected chi connectivity index (χ2v) is 18.3. The highest BCUT2D eigenvalue weighted by atomic mass is 16.5. The average Bonchev–Trinajstić information content (AvgIpc) is 3.26. The molecule has 0 aliphatic carbocycles. The van der Waals surface area contributed by atoms with Crippen LogP contribution in [0.25, 0.3) is 0 Å². The van der Waals surface area contributed by atoms with Crippen LogP contribution < -0.4 is 5.32 Å². The fraction of sp³-hybridized carbons (Fsp3) is 0.821. The summed E-state index contributed by atoms with van der Waals surface area (Å²) in [5.41, 5.74) is 0. The van der Waals surface area contributed by atoms with E-state index >= 15 is 0 Å². The minimum atomic E-state index is -0.796. The van der Waals surface area contributed by atoms with Gasteiger partial charge in [0, 0.05) is 6.42 Å². The molecule has 1 amide bonds. The Labute approximate surface area is 385 Å². The molecule has 62 heavy (non-hydrogen) atoms. The first-order chi connectivity index (χ1) is 30.5. The van der Waals surface area contributed by atoms with E-state index < -0.39 is 18.2 Å². The first kappa shape index (κ1) is 59.8. The van der Waals surface area contributed by atoms with Crippen molar-refractivity contribution >= 4 is 11.9 Å². The molecule has 3 N–H and O–H groups in total. The smallest absolute Gasteiger partial charge is 0.306 e. The molecular weight excluding hydrogens is 767 g/mol. The van der Waals surface area contributed by atoms with Gasteiger partial charge in [-0.3, -0.25) is 9.59 Å². The predicted octanol–water partition coefficient (Wildman–Crippen LogP) is 16.2. The lowest BCUT2D eigenvalue weighted by molar-refractivity contribution is -0.151. The highest BCUT2D eigenvalue weighted by Gasteiger charge is 2.24. The Morgan fingerprint density at radius 2 is 0.839 bits per heavy atom. The molecule has 0 saturated heterocycles. The van der Waals surface area contributed by atoms with Crippen LogP contribution in [0.2, 0.25) is 0 Å². The molecule has 362 valence electrons. The molecule has 0 saturated carbocycles. The van der Waals surface area contributed by atoms with Gasteiger partial charge in [0.05, 0.1) is 25.2 Å². The second kappa shape index (κ2) is 49.8. The molecule has 0 aromatic carbocycles. The molecule has 0 radical (unpaired) electrons. The Morgan fingerprint density at radius 1 is 0.468 bits per heavy atom. The van der Waals surface area contributed by atoms with Crippen molar-refractivity contribution in [1.82, 2.24) is 5.32 Å². The number of nitrogens with one attached hydrogen (secondary N) is 1. The van der Waals surface area contributed by atoms with Gasteiger partial charge in [0.1, 0.15) is 6.10 Å². The number of unbranched alkanes of at least 4 members (excludes halogenated alkanes) is 30. The lowest BCUT2D eigenvalue weighted by atomic mass is 10.0. The lowest BCUT2D eigenvalue weighted by Gasteiger charge is -2.24. The molecular formula is C56H103NO5. The standard InChI is InChI=1S/C56H103NO5/c1-4-7-10-13-16-19-22-24-26-28-30-32-34-37-40-43-46-49-56(61)62-52(47-44-41-38-35-33-31-29-27-25-23-20-17-14-11-8-5-2)50-55(60)57-53(51-58)54(59)48-45-42-39-36-21-18-15-12-9-6-3/h23-27,29,31,33,52-54,58-59H,4-22,28,30,32,34-51H2,1-3H3,(H,57,60)/b25-23+,26-24+,29-27+,33-31+. The molecule has 0 aromatic heterocycles. The van der Waals surface area contributed by atoms with E-state index in [0.717, 1.165) is 70.6 Å². The maximum absolute atomic E-state index is 13.2. The normalized spacial score (nSPS) is 13.6. The zero-order chi connectivity index (χ0) is 45.2. The third kappa shape index (κ3) is 44.4. The molecule has 0 aliphatic heterocycles. The second-order valence-electron chi connectivity index (χ2n) is 18.3. The maximum atomic E-state index is 13.2. The summed E-state index contributed by atoms with van der Waals surface area (Å²) < 4.78 is 5.93. The van der Waals surface area contributed by atoms with Gasteiger partial charge >= 0.3 is 5.97 Å². The van der Waals surface area contributed by atoms with Crippen molar-refractivity contribution in [3.8, 4) is 0 Å². The molecule has 3 unspecified atom stereocenters. The zero-order valence-corrected chi connectivity index (χ0v) is 41.3. The number of carbonyl (C=O) groups excluding carboxylic acids is 2. The molecule has 0 bridgehead atoms. The molecule has 0 aliphatic rings. The fourth-order valence-corrected chi connectivity index (χ4v) is 8.07. The van der Waals surface area contributed by atoms with Gasteiger partial charge in [-0.1, -0.05) is 230 Å². The number of hydrogen-bond donors (Lipinski definition) is 3. The van der Waals surface area contributed by atoms with Crippen molar-refractivity contribution in [3.63, 3.8) is 0 Å². The first-order valence-electron chi connectivity index (χ1n) is 26.9. The minimum absolute atomic E-state index is 0.0540. The van der Waals surface area contributed by atoms with Crippen LogP contribution in [-0.4, -0.2) is 46.9 Å². The summed E-state index contributed by atoms with van der Waals surface area (Å²) in [6, 6.07) is -0.712. The quantitative estimate of drug-likeness (QED) is 0.0245. The van der Waals surface area contributed by atoms with E-state index in [1.165, 1.54) is 154 Å². The topological polar surface area (TPSA) is 95.9 Å². The van der Waals surface area contributed by atoms with Gasteiger partial charge in [0.25, 0.3) is 0 Å². The Morgan fingerprint density at radius 3 is 1.29 bits per heavy atom. The van der Waals surface area contributed by atoms with Crippen molar-refractivity contribution in [2.45, 2.75) is 289 Å². The van der Waals surface area contributed by atoms with Gasteiger partial charge in [0.2, 0.25) is 5.91 Å². The van der Waals surface area contributed by atoms with Gasteiger partial charge in [-0.05, 0) is 77.0 Å². The monoisotopic (exact) mass is 870 g/mol. The number of rotatable bonds is 48. The molecule has 0 aromatic rings. The Bertz CT molecular complexity index is 1070. The summed E-state index contributed by atoms with van der Waals surface area (Å²) in [5, 5.41) is 23.7. The highest BCUT2D eigenvalue weighted by Crippen LogP contribution is 2.17. The number of ether oxygens (including phenoxy) is 1. The Kier molecular flexibility index (Phi) is 48.1. The SMILES string of the molecule is CCCCCCC/C=C/C=C/C=C/CCCCCC(CC(=O)NC(CO)C(O)CCCCCCCCCCCC)OC(=O)CCCCCCCCC/C=C/CCCCCCCC. The van der Waals surface area contributed by atoms with Crippen LogP contribution in [0.4, 0.5) is 0 Å². The summed E-state index contributed by atoms with van der Waals surface area (Å²) in [7, 11) is 0. The van der Waals surface area contributed by atoms with Crippen LogP contribution in [0, 0.1) is 0 Å². The van der Waals surface area contributed by atoms with E-state index in [0.29, 0.717) is 19.3 Å². The van der Waals surface area contributed by atoms with Gasteiger partial charge in [-0.15, -0.1) is 0 Å². The molecule has 0 fully saturated rings. The number of allylic oxidation sites excluding steroid dienone is 8. The molecule has 0 spiro atoms. The molecule has 6 heteroatoms. The molecule has 3 atom stereocenters. The van der Waals surface area contributed by atoms with Crippen LogP contribution in [0.15, 0.2) is 48.6 Å². The molecule has 0 heterocycles. The number of esters is 1. The average molecular weight is 870 g/mol. The molecule has 6 nitrogen and oxygen atoms in total. The third-order valence-electron chi connectivity index (χ3n) is 12.2. The summed E-state index contributed by atoms with van der Waals surface area (Å²) in [6.07, 6.45) is 60.3. The van der Waals surface area contributed by atoms with Crippen LogP contribution in [0.1, 0.15) is 271 Å². The van der Waals surface area contributed by atoms with Gasteiger partial charge in [-0.25, -0.2) is 0 Å². The zero-order valence-electron chi connectivity index (χ0n) is 41.3. The van der Waals surface area contributed by atoms with Crippen molar-refractivity contribution < 1.29 is 24.5 Å². The van der Waals surface area contributed by atoms with E-state index in [9.17, 15) is 19.8 Å². The van der Waals surface area contributed by atoms with E-state index in [-0.39, 0.29) is 24.9 Å². The predicted molar refractivity (Wildman–Crippen MR) is 269 cm³/mol. The Balaban J connectivity index is 4.63. The van der Waals surface area contributed by atoms with Gasteiger partial charge in [0.15, 0.2) is 0 Å². The van der Waals surface area contributed by atoms with E-state index in [2.05, 4.69) is 74.7 Å². The van der Waals surface area contributed by atoms with Crippen LogP contribution in [-0.2, 0) is 14.3 Å². The van der Waals surface area contributed by atoms with Crippen molar-refractivity contribution in [2.24, 2.45) is 0 Å². The van der Waals surface area contributed by atoms with Crippen LogP contribution in [0.5, 0.6) is 0 Å². The van der Waals surface area contributed by atoms with Crippen molar-refractivity contribution in [3.05, 3.63) is 48.6 Å². The number of aliphatic hydroxyl groups is 2. The van der Waals surface area contributed by atoms with Crippen molar-refractivity contribution in [2.75, 3.05) is 6.61 Å². The van der Waals surface area contributed by atoms with Crippen LogP contribution in [0.3, 0.4) is 0 Å². The maximum Gasteiger partial charge on any atom is 0.306 e. The van der Waals surface area contributed by atoms with Gasteiger partial charge < -0.3 is 20.3 Å². The lowest BCUT2D eigenvalue weighted by Crippen LogP contribution is -2.46. The minimum Gasteiger partial charge on any atom is -0.462 e. The molecule has 0 rings (SSSR count). The summed E-state index contributed by atoms with van der Waals surface area (Å²) in [4.78, 5) is 26.2.